The van der Waals surface area contributed by atoms with Gasteiger partial charge in [0.1, 0.15) is 5.75 Å². The minimum absolute atomic E-state index is 0.954. The number of methoxy groups -OCH3 is 1. The Bertz CT molecular complexity index is 575. The molecule has 0 saturated carbocycles. The number of hydrogen-bond acceptors (Lipinski definition) is 2. The average molecular weight is 351 g/mol. The van der Waals surface area contributed by atoms with Crippen LogP contribution in [0.5, 0.6) is 5.75 Å². The average Bonchev–Trinajstić information content (AvgIpc) is 2.38. The Morgan fingerprint density at radius 3 is 2.35 bits per heavy atom. The Morgan fingerprint density at radius 1 is 1.00 bits per heavy atom. The molecule has 0 aliphatic heterocycles. The van der Waals surface area contributed by atoms with E-state index in [1.54, 1.807) is 7.11 Å². The van der Waals surface area contributed by atoms with Crippen molar-refractivity contribution < 1.29 is 4.74 Å². The molecule has 0 heterocycles. The summed E-state index contributed by atoms with van der Waals surface area (Å²) < 4.78 is 6.50. The number of halogens is 1. The number of hydrogen-bond donors (Lipinski definition) is 0. The van der Waals surface area contributed by atoms with Gasteiger partial charge in [0, 0.05) is 21.5 Å². The molecule has 3 heteroatoms. The minimum Gasteiger partial charge on any atom is -0.496 e. The molecule has 0 fully saturated rings. The standard InChI is InChI=1S/C17H19BrOS/c1-12-6-13(2)8-14(7-12)10-20-11-15-9-16(18)4-5-17(15)19-3/h4-9H,10-11H2,1-3H3. The summed E-state index contributed by atoms with van der Waals surface area (Å²) in [5, 5.41) is 0. The molecule has 0 unspecified atom stereocenters. The summed E-state index contributed by atoms with van der Waals surface area (Å²) in [7, 11) is 1.72. The van der Waals surface area contributed by atoms with Crippen molar-refractivity contribution in [2.45, 2.75) is 25.4 Å². The predicted molar refractivity (Wildman–Crippen MR) is 91.6 cm³/mol. The molecule has 0 atom stereocenters. The van der Waals surface area contributed by atoms with Crippen LogP contribution in [0.15, 0.2) is 40.9 Å². The van der Waals surface area contributed by atoms with Gasteiger partial charge >= 0.3 is 0 Å². The SMILES string of the molecule is COc1ccc(Br)cc1CSCc1cc(C)cc(C)c1. The van der Waals surface area contributed by atoms with E-state index in [4.69, 9.17) is 4.74 Å². The van der Waals surface area contributed by atoms with Crippen LogP contribution in [0.25, 0.3) is 0 Å². The van der Waals surface area contributed by atoms with Crippen LogP contribution in [-0.4, -0.2) is 7.11 Å². The largest absolute Gasteiger partial charge is 0.496 e. The van der Waals surface area contributed by atoms with E-state index in [0.717, 1.165) is 21.7 Å². The van der Waals surface area contributed by atoms with Gasteiger partial charge in [0.2, 0.25) is 0 Å². The maximum absolute atomic E-state index is 5.41. The summed E-state index contributed by atoms with van der Waals surface area (Å²) in [6.07, 6.45) is 0. The molecule has 0 saturated heterocycles. The summed E-state index contributed by atoms with van der Waals surface area (Å²) in [5.74, 6) is 2.94. The predicted octanol–water partition coefficient (Wildman–Crippen LogP) is 5.51. The van der Waals surface area contributed by atoms with Crippen LogP contribution in [0.3, 0.4) is 0 Å². The van der Waals surface area contributed by atoms with Gasteiger partial charge in [-0.3, -0.25) is 0 Å². The van der Waals surface area contributed by atoms with Gasteiger partial charge < -0.3 is 4.74 Å². The van der Waals surface area contributed by atoms with Crippen molar-refractivity contribution in [1.29, 1.82) is 0 Å². The molecule has 0 spiro atoms. The van der Waals surface area contributed by atoms with Crippen molar-refractivity contribution in [1.82, 2.24) is 0 Å². The molecule has 0 radical (unpaired) electrons. The lowest BCUT2D eigenvalue weighted by molar-refractivity contribution is 0.411. The van der Waals surface area contributed by atoms with Crippen LogP contribution >= 0.6 is 27.7 Å². The maximum atomic E-state index is 5.41. The molecule has 1 nitrogen and oxygen atoms in total. The van der Waals surface area contributed by atoms with Crippen LogP contribution < -0.4 is 4.74 Å². The second kappa shape index (κ2) is 7.19. The first kappa shape index (κ1) is 15.5. The minimum atomic E-state index is 0.954. The fraction of sp³-hybridized carbons (Fsp3) is 0.294. The quantitative estimate of drug-likeness (QED) is 0.703. The fourth-order valence-electron chi connectivity index (χ4n) is 2.29. The molecule has 2 rings (SSSR count). The van der Waals surface area contributed by atoms with E-state index >= 15 is 0 Å². The van der Waals surface area contributed by atoms with Gasteiger partial charge in [0.05, 0.1) is 7.11 Å². The number of aryl methyl sites for hydroxylation is 2. The zero-order valence-corrected chi connectivity index (χ0v) is 14.5. The Labute approximate surface area is 133 Å². The highest BCUT2D eigenvalue weighted by Crippen LogP contribution is 2.28. The Morgan fingerprint density at radius 2 is 1.70 bits per heavy atom. The van der Waals surface area contributed by atoms with E-state index < -0.39 is 0 Å². The van der Waals surface area contributed by atoms with Crippen LogP contribution in [0.2, 0.25) is 0 Å². The Balaban J connectivity index is 2.00. The second-order valence-electron chi connectivity index (χ2n) is 4.94. The maximum Gasteiger partial charge on any atom is 0.122 e. The number of ether oxygens (including phenoxy) is 1. The molecule has 106 valence electrons. The molecule has 0 aromatic heterocycles. The van der Waals surface area contributed by atoms with Crippen molar-refractivity contribution in [3.05, 3.63) is 63.1 Å². The number of thioether (sulfide) groups is 1. The van der Waals surface area contributed by atoms with Gasteiger partial charge in [-0.05, 0) is 37.6 Å². The summed E-state index contributed by atoms with van der Waals surface area (Å²) >= 11 is 5.43. The molecule has 0 bridgehead atoms. The highest BCUT2D eigenvalue weighted by Gasteiger charge is 2.04. The van der Waals surface area contributed by atoms with Gasteiger partial charge in [0.15, 0.2) is 0 Å². The molecule has 0 N–H and O–H groups in total. The number of rotatable bonds is 5. The second-order valence-corrected chi connectivity index (χ2v) is 6.85. The van der Waals surface area contributed by atoms with E-state index in [2.05, 4.69) is 54.0 Å². The van der Waals surface area contributed by atoms with Crippen molar-refractivity contribution >= 4 is 27.7 Å². The van der Waals surface area contributed by atoms with E-state index in [9.17, 15) is 0 Å². The van der Waals surface area contributed by atoms with E-state index in [1.807, 2.05) is 23.9 Å². The van der Waals surface area contributed by atoms with Crippen molar-refractivity contribution in [2.75, 3.05) is 7.11 Å². The van der Waals surface area contributed by atoms with Crippen LogP contribution in [0, 0.1) is 13.8 Å². The highest BCUT2D eigenvalue weighted by molar-refractivity contribution is 9.10. The first-order valence-corrected chi connectivity index (χ1v) is 8.50. The molecular weight excluding hydrogens is 332 g/mol. The van der Waals surface area contributed by atoms with Crippen molar-refractivity contribution in [3.8, 4) is 5.75 Å². The molecule has 2 aromatic rings. The normalized spacial score (nSPS) is 10.6. The van der Waals surface area contributed by atoms with Gasteiger partial charge in [-0.15, -0.1) is 0 Å². The summed E-state index contributed by atoms with van der Waals surface area (Å²) in [4.78, 5) is 0. The Kier molecular flexibility index (Phi) is 5.55. The van der Waals surface area contributed by atoms with Crippen LogP contribution in [0.1, 0.15) is 22.3 Å². The van der Waals surface area contributed by atoms with Crippen LogP contribution in [0.4, 0.5) is 0 Å². The third-order valence-corrected chi connectivity index (χ3v) is 4.60. The van der Waals surface area contributed by atoms with Gasteiger partial charge in [-0.25, -0.2) is 0 Å². The fourth-order valence-corrected chi connectivity index (χ4v) is 3.65. The lowest BCUT2D eigenvalue weighted by atomic mass is 10.1. The van der Waals surface area contributed by atoms with Crippen LogP contribution in [-0.2, 0) is 11.5 Å². The lowest BCUT2D eigenvalue weighted by Crippen LogP contribution is -1.91. The molecule has 2 aromatic carbocycles. The third kappa shape index (κ3) is 4.29. The van der Waals surface area contributed by atoms with E-state index in [1.165, 1.54) is 22.3 Å². The van der Waals surface area contributed by atoms with Crippen molar-refractivity contribution in [2.24, 2.45) is 0 Å². The molecule has 20 heavy (non-hydrogen) atoms. The van der Waals surface area contributed by atoms with Gasteiger partial charge in [-0.2, -0.15) is 11.8 Å². The van der Waals surface area contributed by atoms with Crippen molar-refractivity contribution in [3.63, 3.8) is 0 Å². The van der Waals surface area contributed by atoms with Gasteiger partial charge in [0.25, 0.3) is 0 Å². The molecule has 0 aliphatic carbocycles. The van der Waals surface area contributed by atoms with E-state index in [-0.39, 0.29) is 0 Å². The molecule has 0 amide bonds. The topological polar surface area (TPSA) is 9.23 Å². The smallest absolute Gasteiger partial charge is 0.122 e. The zero-order chi connectivity index (χ0) is 14.5. The highest BCUT2D eigenvalue weighted by atomic mass is 79.9. The monoisotopic (exact) mass is 350 g/mol. The molecule has 0 aliphatic rings. The summed E-state index contributed by atoms with van der Waals surface area (Å²) in [5.41, 5.74) is 5.29. The molecular formula is C17H19BrOS. The first-order chi connectivity index (χ1) is 9.58. The van der Waals surface area contributed by atoms with E-state index in [0.29, 0.717) is 0 Å². The lowest BCUT2D eigenvalue weighted by Gasteiger charge is -2.09. The summed E-state index contributed by atoms with van der Waals surface area (Å²) in [6.45, 7) is 4.30. The zero-order valence-electron chi connectivity index (χ0n) is 12.1. The Hall–Kier alpha value is -0.930. The first-order valence-electron chi connectivity index (χ1n) is 6.56. The van der Waals surface area contributed by atoms with Gasteiger partial charge in [-0.1, -0.05) is 45.3 Å². The summed E-state index contributed by atoms with van der Waals surface area (Å²) in [6, 6.07) is 12.9. The number of benzene rings is 2. The third-order valence-electron chi connectivity index (χ3n) is 3.05.